The molecular formula is C23H45IN6O. The standard InChI is InChI=1S/C23H44N6O.HI/c1-3-24-22(25-12-15-27-16-18-28(19-17-27)21(2)30)26-20-23(10-6-4-7-11-23)29-13-8-5-9-14-29;/h3-20H2,1-2H3,(H2,24,25,26);1H. The first kappa shape index (κ1) is 26.6. The Hall–Kier alpha value is -0.610. The summed E-state index contributed by atoms with van der Waals surface area (Å²) in [4.78, 5) is 23.7. The first-order valence-electron chi connectivity index (χ1n) is 12.4. The highest BCUT2D eigenvalue weighted by Gasteiger charge is 2.38. The molecular weight excluding hydrogens is 503 g/mol. The van der Waals surface area contributed by atoms with Crippen molar-refractivity contribution in [1.82, 2.24) is 25.3 Å². The van der Waals surface area contributed by atoms with Gasteiger partial charge in [0.2, 0.25) is 5.91 Å². The normalized spacial score (nSPS) is 23.2. The Morgan fingerprint density at radius 3 is 2.16 bits per heavy atom. The van der Waals surface area contributed by atoms with E-state index in [4.69, 9.17) is 4.99 Å². The molecule has 3 rings (SSSR count). The third kappa shape index (κ3) is 8.03. The van der Waals surface area contributed by atoms with Crippen LogP contribution >= 0.6 is 24.0 Å². The second-order valence-electron chi connectivity index (χ2n) is 9.30. The van der Waals surface area contributed by atoms with E-state index < -0.39 is 0 Å². The second kappa shape index (κ2) is 13.8. The monoisotopic (exact) mass is 548 g/mol. The zero-order chi connectivity index (χ0) is 21.2. The third-order valence-corrected chi connectivity index (χ3v) is 7.22. The van der Waals surface area contributed by atoms with Crippen LogP contribution in [0.1, 0.15) is 65.2 Å². The third-order valence-electron chi connectivity index (χ3n) is 7.22. The number of carbonyl (C=O) groups excluding carboxylic acids is 1. The van der Waals surface area contributed by atoms with E-state index in [1.165, 1.54) is 64.5 Å². The molecule has 0 spiro atoms. The molecule has 2 aliphatic heterocycles. The zero-order valence-corrected chi connectivity index (χ0v) is 22.2. The van der Waals surface area contributed by atoms with Crippen LogP contribution in [0.3, 0.4) is 0 Å². The lowest BCUT2D eigenvalue weighted by Crippen LogP contribution is -2.55. The number of rotatable bonds is 7. The molecule has 0 aromatic heterocycles. The molecule has 2 N–H and O–H groups in total. The van der Waals surface area contributed by atoms with Crippen LogP contribution in [-0.2, 0) is 4.79 Å². The van der Waals surface area contributed by atoms with Crippen LogP contribution in [0.5, 0.6) is 0 Å². The van der Waals surface area contributed by atoms with Crippen molar-refractivity contribution in [3.05, 3.63) is 0 Å². The lowest BCUT2D eigenvalue weighted by Gasteiger charge is -2.47. The minimum absolute atomic E-state index is 0. The molecule has 1 amide bonds. The van der Waals surface area contributed by atoms with Crippen molar-refractivity contribution >= 4 is 35.8 Å². The summed E-state index contributed by atoms with van der Waals surface area (Å²) < 4.78 is 0. The lowest BCUT2D eigenvalue weighted by molar-refractivity contribution is -0.130. The Balaban J connectivity index is 0.00000341. The number of halogens is 1. The highest BCUT2D eigenvalue weighted by Crippen LogP contribution is 2.35. The molecule has 0 radical (unpaired) electrons. The Morgan fingerprint density at radius 2 is 1.55 bits per heavy atom. The smallest absolute Gasteiger partial charge is 0.219 e. The Morgan fingerprint density at radius 1 is 0.903 bits per heavy atom. The number of likely N-dealkylation sites (tertiary alicyclic amines) is 1. The van der Waals surface area contributed by atoms with Gasteiger partial charge in [-0.05, 0) is 45.7 Å². The van der Waals surface area contributed by atoms with Crippen LogP contribution < -0.4 is 10.6 Å². The van der Waals surface area contributed by atoms with Gasteiger partial charge in [0.15, 0.2) is 5.96 Å². The number of hydrogen-bond acceptors (Lipinski definition) is 4. The Bertz CT molecular complexity index is 552. The maximum Gasteiger partial charge on any atom is 0.219 e. The fourth-order valence-electron chi connectivity index (χ4n) is 5.34. The number of hydrogen-bond donors (Lipinski definition) is 2. The minimum Gasteiger partial charge on any atom is -0.357 e. The molecule has 2 saturated heterocycles. The molecule has 0 bridgehead atoms. The molecule has 3 aliphatic rings. The van der Waals surface area contributed by atoms with E-state index in [-0.39, 0.29) is 35.4 Å². The first-order valence-corrected chi connectivity index (χ1v) is 12.4. The largest absolute Gasteiger partial charge is 0.357 e. The number of carbonyl (C=O) groups is 1. The summed E-state index contributed by atoms with van der Waals surface area (Å²) in [6.45, 7) is 13.6. The first-order chi connectivity index (χ1) is 14.6. The summed E-state index contributed by atoms with van der Waals surface area (Å²) in [7, 11) is 0. The minimum atomic E-state index is 0. The molecule has 8 heteroatoms. The summed E-state index contributed by atoms with van der Waals surface area (Å²) in [5, 5.41) is 7.01. The van der Waals surface area contributed by atoms with Crippen molar-refractivity contribution < 1.29 is 4.79 Å². The molecule has 0 atom stereocenters. The highest BCUT2D eigenvalue weighted by atomic mass is 127. The summed E-state index contributed by atoms with van der Waals surface area (Å²) in [5.41, 5.74) is 0.282. The van der Waals surface area contributed by atoms with E-state index >= 15 is 0 Å². The van der Waals surface area contributed by atoms with Gasteiger partial charge in [-0.25, -0.2) is 0 Å². The number of aliphatic imine (C=N–C) groups is 1. The molecule has 1 aliphatic carbocycles. The summed E-state index contributed by atoms with van der Waals surface area (Å²) in [6.07, 6.45) is 10.8. The fraction of sp³-hybridized carbons (Fsp3) is 0.913. The fourth-order valence-corrected chi connectivity index (χ4v) is 5.34. The number of nitrogens with one attached hydrogen (secondary N) is 2. The number of guanidine groups is 1. The molecule has 0 aromatic rings. The van der Waals surface area contributed by atoms with Gasteiger partial charge in [-0.2, -0.15) is 0 Å². The molecule has 3 fully saturated rings. The van der Waals surface area contributed by atoms with Crippen molar-refractivity contribution in [2.75, 3.05) is 65.4 Å². The van der Waals surface area contributed by atoms with Crippen LogP contribution in [0.4, 0.5) is 0 Å². The van der Waals surface area contributed by atoms with Gasteiger partial charge < -0.3 is 15.5 Å². The van der Waals surface area contributed by atoms with Gasteiger partial charge in [0.25, 0.3) is 0 Å². The van der Waals surface area contributed by atoms with Gasteiger partial charge in [-0.1, -0.05) is 25.7 Å². The highest BCUT2D eigenvalue weighted by molar-refractivity contribution is 14.0. The van der Waals surface area contributed by atoms with Crippen LogP contribution in [-0.4, -0.2) is 97.6 Å². The summed E-state index contributed by atoms with van der Waals surface area (Å²) in [5.74, 6) is 1.15. The maximum atomic E-state index is 11.5. The average Bonchev–Trinajstić information content (AvgIpc) is 2.79. The molecule has 2 heterocycles. The molecule has 180 valence electrons. The number of piperazine rings is 1. The second-order valence-corrected chi connectivity index (χ2v) is 9.30. The number of amides is 1. The summed E-state index contributed by atoms with van der Waals surface area (Å²) >= 11 is 0. The van der Waals surface area contributed by atoms with Crippen molar-refractivity contribution in [1.29, 1.82) is 0 Å². The van der Waals surface area contributed by atoms with E-state index in [2.05, 4.69) is 27.4 Å². The van der Waals surface area contributed by atoms with Crippen molar-refractivity contribution in [2.24, 2.45) is 4.99 Å². The van der Waals surface area contributed by atoms with E-state index in [1.54, 1.807) is 6.92 Å². The van der Waals surface area contributed by atoms with Crippen LogP contribution in [0, 0.1) is 0 Å². The average molecular weight is 549 g/mol. The van der Waals surface area contributed by atoms with Gasteiger partial charge in [0.05, 0.1) is 6.54 Å². The Labute approximate surface area is 206 Å². The van der Waals surface area contributed by atoms with Crippen LogP contribution in [0.15, 0.2) is 4.99 Å². The molecule has 1 saturated carbocycles. The van der Waals surface area contributed by atoms with Gasteiger partial charge in [0.1, 0.15) is 0 Å². The van der Waals surface area contributed by atoms with E-state index in [0.29, 0.717) is 0 Å². The van der Waals surface area contributed by atoms with Crippen LogP contribution in [0.25, 0.3) is 0 Å². The van der Waals surface area contributed by atoms with Gasteiger partial charge in [0, 0.05) is 58.3 Å². The maximum absolute atomic E-state index is 11.5. The SMILES string of the molecule is CCNC(=NCC1(N2CCCCC2)CCCCC1)NCCN1CCN(C(C)=O)CC1.I. The van der Waals surface area contributed by atoms with Crippen molar-refractivity contribution in [3.63, 3.8) is 0 Å². The van der Waals surface area contributed by atoms with Gasteiger partial charge in [-0.15, -0.1) is 24.0 Å². The van der Waals surface area contributed by atoms with Gasteiger partial charge >= 0.3 is 0 Å². The van der Waals surface area contributed by atoms with Crippen molar-refractivity contribution in [2.45, 2.75) is 70.8 Å². The van der Waals surface area contributed by atoms with Crippen LogP contribution in [0.2, 0.25) is 0 Å². The quantitative estimate of drug-likeness (QED) is 0.291. The summed E-state index contributed by atoms with van der Waals surface area (Å²) in [6, 6.07) is 0. The predicted octanol–water partition coefficient (Wildman–Crippen LogP) is 2.51. The van der Waals surface area contributed by atoms with E-state index in [1.807, 2.05) is 4.90 Å². The van der Waals surface area contributed by atoms with Crippen molar-refractivity contribution in [3.8, 4) is 0 Å². The van der Waals surface area contributed by atoms with Gasteiger partial charge in [-0.3, -0.25) is 19.6 Å². The number of nitrogens with zero attached hydrogens (tertiary/aromatic N) is 4. The number of piperidine rings is 1. The van der Waals surface area contributed by atoms with E-state index in [9.17, 15) is 4.79 Å². The van der Waals surface area contributed by atoms with E-state index in [0.717, 1.165) is 58.3 Å². The lowest BCUT2D eigenvalue weighted by atomic mass is 9.79. The topological polar surface area (TPSA) is 63.2 Å². The molecule has 0 unspecified atom stereocenters. The molecule has 31 heavy (non-hydrogen) atoms. The predicted molar refractivity (Wildman–Crippen MR) is 139 cm³/mol. The molecule has 0 aromatic carbocycles. The molecule has 7 nitrogen and oxygen atoms in total. The Kier molecular flexibility index (Phi) is 11.9. The zero-order valence-electron chi connectivity index (χ0n) is 19.8.